The molecular formula is C11H18ClN3O4S2. The smallest absolute Gasteiger partial charge is 0.243 e. The quantitative estimate of drug-likeness (QED) is 0.773. The van der Waals surface area contributed by atoms with E-state index in [1.165, 1.54) is 35.6 Å². The second-order valence-corrected chi connectivity index (χ2v) is 8.42. The summed E-state index contributed by atoms with van der Waals surface area (Å²) < 4.78 is 51.3. The molecule has 1 aliphatic rings. The molecule has 21 heavy (non-hydrogen) atoms. The number of halogens is 1. The first-order chi connectivity index (χ1) is 9.27. The summed E-state index contributed by atoms with van der Waals surface area (Å²) in [6, 6.07) is 4.99. The highest BCUT2D eigenvalue weighted by molar-refractivity contribution is 7.89. The molecule has 0 spiro atoms. The molecule has 10 heteroatoms. The molecule has 0 bridgehead atoms. The normalized spacial score (nSPS) is 20.2. The Hall–Kier alpha value is -0.710. The first-order valence-electron chi connectivity index (χ1n) is 6.07. The van der Waals surface area contributed by atoms with Crippen LogP contribution in [0.4, 0.5) is 0 Å². The SMILES string of the molecule is CNS(=O)(=O)c1ccc(S(=O)(=O)N2CC[C@H](N)C2)cc1.Cl. The second-order valence-electron chi connectivity index (χ2n) is 4.59. The van der Waals surface area contributed by atoms with Gasteiger partial charge in [0.2, 0.25) is 20.0 Å². The van der Waals surface area contributed by atoms with Gasteiger partial charge in [-0.25, -0.2) is 21.6 Å². The lowest BCUT2D eigenvalue weighted by atomic mass is 10.3. The highest BCUT2D eigenvalue weighted by Gasteiger charge is 2.31. The molecule has 120 valence electrons. The van der Waals surface area contributed by atoms with E-state index in [4.69, 9.17) is 5.73 Å². The summed E-state index contributed by atoms with van der Waals surface area (Å²) in [6.07, 6.45) is 0.630. The Morgan fingerprint density at radius 1 is 1.14 bits per heavy atom. The fraction of sp³-hybridized carbons (Fsp3) is 0.455. The molecule has 1 atom stereocenters. The summed E-state index contributed by atoms with van der Waals surface area (Å²) in [6.45, 7) is 0.680. The van der Waals surface area contributed by atoms with Crippen LogP contribution in [0.5, 0.6) is 0 Å². The van der Waals surface area contributed by atoms with Crippen LogP contribution >= 0.6 is 12.4 Å². The van der Waals surface area contributed by atoms with Gasteiger partial charge in [-0.1, -0.05) is 0 Å². The van der Waals surface area contributed by atoms with Gasteiger partial charge in [0.05, 0.1) is 9.79 Å². The summed E-state index contributed by atoms with van der Waals surface area (Å²) in [4.78, 5) is 0.0960. The van der Waals surface area contributed by atoms with Gasteiger partial charge in [-0.05, 0) is 37.7 Å². The molecule has 1 aromatic carbocycles. The van der Waals surface area contributed by atoms with E-state index in [1.54, 1.807) is 0 Å². The Labute approximate surface area is 131 Å². The van der Waals surface area contributed by atoms with Crippen LogP contribution in [-0.4, -0.2) is 47.3 Å². The fourth-order valence-electron chi connectivity index (χ4n) is 2.03. The Balaban J connectivity index is 0.00000220. The Morgan fingerprint density at radius 3 is 2.10 bits per heavy atom. The van der Waals surface area contributed by atoms with E-state index in [0.29, 0.717) is 19.5 Å². The van der Waals surface area contributed by atoms with Crippen LogP contribution in [0.2, 0.25) is 0 Å². The maximum atomic E-state index is 12.3. The highest BCUT2D eigenvalue weighted by Crippen LogP contribution is 2.21. The van der Waals surface area contributed by atoms with Gasteiger partial charge in [0.15, 0.2) is 0 Å². The lowest BCUT2D eigenvalue weighted by Crippen LogP contribution is -2.32. The first-order valence-corrected chi connectivity index (χ1v) is 8.99. The zero-order valence-corrected chi connectivity index (χ0v) is 13.8. The third-order valence-corrected chi connectivity index (χ3v) is 6.54. The van der Waals surface area contributed by atoms with Crippen LogP contribution in [0.25, 0.3) is 0 Å². The van der Waals surface area contributed by atoms with Crippen LogP contribution in [-0.2, 0) is 20.0 Å². The standard InChI is InChI=1S/C11H17N3O4S2.ClH/c1-13-19(15,16)10-2-4-11(5-3-10)20(17,18)14-7-6-9(12)8-14;/h2-5,9,13H,6-8,12H2,1H3;1H/t9-;/m0./s1. The molecular weight excluding hydrogens is 338 g/mol. The molecule has 0 unspecified atom stereocenters. The number of benzene rings is 1. The van der Waals surface area contributed by atoms with Gasteiger partial charge >= 0.3 is 0 Å². The largest absolute Gasteiger partial charge is 0.326 e. The Kier molecular flexibility index (Phi) is 5.76. The van der Waals surface area contributed by atoms with Crippen molar-refractivity contribution in [2.45, 2.75) is 22.3 Å². The lowest BCUT2D eigenvalue weighted by Gasteiger charge is -2.16. The van der Waals surface area contributed by atoms with Gasteiger partial charge < -0.3 is 5.73 Å². The number of hydrogen-bond donors (Lipinski definition) is 2. The van der Waals surface area contributed by atoms with Gasteiger partial charge in [-0.3, -0.25) is 0 Å². The zero-order chi connectivity index (χ0) is 15.0. The van der Waals surface area contributed by atoms with Gasteiger partial charge in [0, 0.05) is 19.1 Å². The molecule has 3 N–H and O–H groups in total. The molecule has 0 amide bonds. The van der Waals surface area contributed by atoms with E-state index in [9.17, 15) is 16.8 Å². The summed E-state index contributed by atoms with van der Waals surface area (Å²) in [5.41, 5.74) is 5.71. The third-order valence-electron chi connectivity index (χ3n) is 3.23. The van der Waals surface area contributed by atoms with E-state index in [0.717, 1.165) is 0 Å². The van der Waals surface area contributed by atoms with Crippen molar-refractivity contribution in [3.8, 4) is 0 Å². The van der Waals surface area contributed by atoms with E-state index < -0.39 is 20.0 Å². The molecule has 0 saturated carbocycles. The molecule has 0 aliphatic carbocycles. The maximum Gasteiger partial charge on any atom is 0.243 e. The van der Waals surface area contributed by atoms with Crippen LogP contribution < -0.4 is 10.5 Å². The summed E-state index contributed by atoms with van der Waals surface area (Å²) in [5.74, 6) is 0. The number of nitrogens with two attached hydrogens (primary N) is 1. The number of nitrogens with zero attached hydrogens (tertiary/aromatic N) is 1. The van der Waals surface area contributed by atoms with Crippen molar-refractivity contribution in [3.63, 3.8) is 0 Å². The van der Waals surface area contributed by atoms with Gasteiger partial charge in [-0.2, -0.15) is 4.31 Å². The van der Waals surface area contributed by atoms with Crippen LogP contribution in [0.1, 0.15) is 6.42 Å². The molecule has 1 fully saturated rings. The topological polar surface area (TPSA) is 110 Å². The predicted octanol–water partition coefficient (Wildman–Crippen LogP) is -0.262. The predicted molar refractivity (Wildman–Crippen MR) is 81.3 cm³/mol. The molecule has 2 rings (SSSR count). The average Bonchev–Trinajstić information content (AvgIpc) is 2.86. The van der Waals surface area contributed by atoms with Gasteiger partial charge in [0.1, 0.15) is 0 Å². The third kappa shape index (κ3) is 3.74. The molecule has 0 radical (unpaired) electrons. The van der Waals surface area contributed by atoms with Crippen LogP contribution in [0, 0.1) is 0 Å². The van der Waals surface area contributed by atoms with Gasteiger partial charge in [-0.15, -0.1) is 12.4 Å². The Bertz CT molecular complexity index is 689. The van der Waals surface area contributed by atoms with Crippen molar-refractivity contribution in [1.29, 1.82) is 0 Å². The minimum atomic E-state index is -3.60. The summed E-state index contributed by atoms with van der Waals surface area (Å²) >= 11 is 0. The van der Waals surface area contributed by atoms with Crippen LogP contribution in [0.3, 0.4) is 0 Å². The number of sulfonamides is 2. The molecule has 0 aromatic heterocycles. The molecule has 7 nitrogen and oxygen atoms in total. The zero-order valence-electron chi connectivity index (χ0n) is 11.4. The average molecular weight is 356 g/mol. The summed E-state index contributed by atoms with van der Waals surface area (Å²) in [7, 11) is -5.87. The van der Waals surface area contributed by atoms with E-state index in [1.807, 2.05) is 0 Å². The van der Waals surface area contributed by atoms with Crippen molar-refractivity contribution >= 4 is 32.5 Å². The van der Waals surface area contributed by atoms with Crippen molar-refractivity contribution in [1.82, 2.24) is 9.03 Å². The minimum Gasteiger partial charge on any atom is -0.326 e. The molecule has 1 saturated heterocycles. The van der Waals surface area contributed by atoms with Crippen molar-refractivity contribution in [2.75, 3.05) is 20.1 Å². The van der Waals surface area contributed by atoms with E-state index in [2.05, 4.69) is 4.72 Å². The van der Waals surface area contributed by atoms with Crippen molar-refractivity contribution in [3.05, 3.63) is 24.3 Å². The Morgan fingerprint density at radius 2 is 1.67 bits per heavy atom. The van der Waals surface area contributed by atoms with Crippen molar-refractivity contribution < 1.29 is 16.8 Å². The molecule has 1 aromatic rings. The minimum absolute atomic E-state index is 0. The molecule has 1 heterocycles. The van der Waals surface area contributed by atoms with E-state index in [-0.39, 0.29) is 28.2 Å². The number of rotatable bonds is 4. The van der Waals surface area contributed by atoms with Gasteiger partial charge in [0.25, 0.3) is 0 Å². The number of hydrogen-bond acceptors (Lipinski definition) is 5. The number of nitrogens with one attached hydrogen (secondary N) is 1. The lowest BCUT2D eigenvalue weighted by molar-refractivity contribution is 0.472. The molecule has 1 aliphatic heterocycles. The maximum absolute atomic E-state index is 12.3. The van der Waals surface area contributed by atoms with E-state index >= 15 is 0 Å². The fourth-order valence-corrected chi connectivity index (χ4v) is 4.27. The monoisotopic (exact) mass is 355 g/mol. The summed E-state index contributed by atoms with van der Waals surface area (Å²) in [5, 5.41) is 0. The van der Waals surface area contributed by atoms with Crippen LogP contribution in [0.15, 0.2) is 34.1 Å². The highest BCUT2D eigenvalue weighted by atomic mass is 35.5. The van der Waals surface area contributed by atoms with Crippen molar-refractivity contribution in [2.24, 2.45) is 5.73 Å². The second kappa shape index (κ2) is 6.59. The first kappa shape index (κ1) is 18.3.